The van der Waals surface area contributed by atoms with Crippen molar-refractivity contribution in [1.82, 2.24) is 10.2 Å². The number of hydrogen-bond acceptors (Lipinski definition) is 4. The van der Waals surface area contributed by atoms with Crippen LogP contribution in [-0.2, 0) is 16.1 Å². The number of imide groups is 1. The molecule has 0 spiro atoms. The van der Waals surface area contributed by atoms with Crippen molar-refractivity contribution in [3.63, 3.8) is 0 Å². The van der Waals surface area contributed by atoms with Crippen molar-refractivity contribution >= 4 is 23.4 Å². The summed E-state index contributed by atoms with van der Waals surface area (Å²) in [7, 11) is 0. The number of amides is 3. The number of carbonyl (C=O) groups is 3. The number of nitrogens with one attached hydrogen (secondary N) is 2. The largest absolute Gasteiger partial charge is 0.385 e. The number of carbonyl (C=O) groups excluding carboxylic acids is 3. The van der Waals surface area contributed by atoms with Crippen molar-refractivity contribution in [2.45, 2.75) is 38.8 Å². The lowest BCUT2D eigenvalue weighted by Crippen LogP contribution is -2.52. The van der Waals surface area contributed by atoms with Crippen LogP contribution in [0.5, 0.6) is 0 Å². The first-order valence-corrected chi connectivity index (χ1v) is 7.61. The van der Waals surface area contributed by atoms with E-state index in [1.54, 1.807) is 4.90 Å². The number of nitrogens with zero attached hydrogens (tertiary/aromatic N) is 1. The SMILES string of the molecule is CCCNc1ccc2c(c1)C(=O)N(C1CCC(=O)NC1=O)C2. The minimum Gasteiger partial charge on any atom is -0.385 e. The highest BCUT2D eigenvalue weighted by Gasteiger charge is 2.39. The van der Waals surface area contributed by atoms with Crippen molar-refractivity contribution in [3.8, 4) is 0 Å². The van der Waals surface area contributed by atoms with Crippen LogP contribution < -0.4 is 10.6 Å². The Morgan fingerprint density at radius 1 is 1.32 bits per heavy atom. The van der Waals surface area contributed by atoms with Gasteiger partial charge in [0, 0.05) is 30.8 Å². The van der Waals surface area contributed by atoms with Crippen molar-refractivity contribution < 1.29 is 14.4 Å². The highest BCUT2D eigenvalue weighted by atomic mass is 16.2. The summed E-state index contributed by atoms with van der Waals surface area (Å²) in [5.41, 5.74) is 2.49. The van der Waals surface area contributed by atoms with E-state index in [1.807, 2.05) is 18.2 Å². The van der Waals surface area contributed by atoms with Crippen molar-refractivity contribution in [2.75, 3.05) is 11.9 Å². The highest BCUT2D eigenvalue weighted by molar-refractivity contribution is 6.05. The fourth-order valence-corrected chi connectivity index (χ4v) is 2.93. The Hall–Kier alpha value is -2.37. The van der Waals surface area contributed by atoms with Crippen LogP contribution in [0.4, 0.5) is 5.69 Å². The van der Waals surface area contributed by atoms with E-state index in [0.717, 1.165) is 24.2 Å². The molecule has 1 unspecified atom stereocenters. The molecular weight excluding hydrogens is 282 g/mol. The smallest absolute Gasteiger partial charge is 0.255 e. The molecule has 2 aliphatic heterocycles. The van der Waals surface area contributed by atoms with E-state index in [4.69, 9.17) is 0 Å². The molecule has 1 saturated heterocycles. The molecule has 1 fully saturated rings. The molecule has 6 nitrogen and oxygen atoms in total. The van der Waals surface area contributed by atoms with Crippen LogP contribution >= 0.6 is 0 Å². The molecule has 116 valence electrons. The number of fused-ring (bicyclic) bond motifs is 1. The first kappa shape index (κ1) is 14.6. The van der Waals surface area contributed by atoms with Gasteiger partial charge in [-0.2, -0.15) is 0 Å². The number of anilines is 1. The highest BCUT2D eigenvalue weighted by Crippen LogP contribution is 2.29. The molecule has 1 aromatic carbocycles. The third-order valence-electron chi connectivity index (χ3n) is 4.11. The van der Waals surface area contributed by atoms with Crippen LogP contribution in [0.15, 0.2) is 18.2 Å². The Balaban J connectivity index is 1.79. The molecule has 2 aliphatic rings. The maximum Gasteiger partial charge on any atom is 0.255 e. The van der Waals surface area contributed by atoms with Gasteiger partial charge < -0.3 is 10.2 Å². The predicted octanol–water partition coefficient (Wildman–Crippen LogP) is 1.27. The van der Waals surface area contributed by atoms with Crippen LogP contribution in [0.3, 0.4) is 0 Å². The molecule has 0 aromatic heterocycles. The summed E-state index contributed by atoms with van der Waals surface area (Å²) < 4.78 is 0. The van der Waals surface area contributed by atoms with Gasteiger partial charge in [0.1, 0.15) is 6.04 Å². The Labute approximate surface area is 128 Å². The molecule has 2 heterocycles. The van der Waals surface area contributed by atoms with Gasteiger partial charge in [-0.1, -0.05) is 13.0 Å². The van der Waals surface area contributed by atoms with Gasteiger partial charge in [-0.05, 0) is 30.5 Å². The molecule has 0 aliphatic carbocycles. The van der Waals surface area contributed by atoms with Gasteiger partial charge >= 0.3 is 0 Å². The molecule has 3 rings (SSSR count). The van der Waals surface area contributed by atoms with Gasteiger partial charge in [0.05, 0.1) is 0 Å². The van der Waals surface area contributed by atoms with Gasteiger partial charge in [-0.25, -0.2) is 0 Å². The third kappa shape index (κ3) is 2.56. The zero-order valence-electron chi connectivity index (χ0n) is 12.5. The molecular formula is C16H19N3O3. The van der Waals surface area contributed by atoms with Crippen molar-refractivity contribution in [1.29, 1.82) is 0 Å². The van der Waals surface area contributed by atoms with Gasteiger partial charge in [0.25, 0.3) is 5.91 Å². The lowest BCUT2D eigenvalue weighted by molar-refractivity contribution is -0.136. The number of benzene rings is 1. The van der Waals surface area contributed by atoms with Crippen molar-refractivity contribution in [2.24, 2.45) is 0 Å². The van der Waals surface area contributed by atoms with E-state index < -0.39 is 6.04 Å². The second kappa shape index (κ2) is 5.79. The quantitative estimate of drug-likeness (QED) is 0.821. The van der Waals surface area contributed by atoms with Crippen molar-refractivity contribution in [3.05, 3.63) is 29.3 Å². The second-order valence-corrected chi connectivity index (χ2v) is 5.70. The summed E-state index contributed by atoms with van der Waals surface area (Å²) in [6, 6.07) is 5.18. The predicted molar refractivity (Wildman–Crippen MR) is 81.3 cm³/mol. The molecule has 0 radical (unpaired) electrons. The monoisotopic (exact) mass is 301 g/mol. The first-order chi connectivity index (χ1) is 10.6. The number of rotatable bonds is 4. The van der Waals surface area contributed by atoms with Crippen LogP contribution in [0.1, 0.15) is 42.1 Å². The fraction of sp³-hybridized carbons (Fsp3) is 0.438. The number of piperidine rings is 1. The lowest BCUT2D eigenvalue weighted by atomic mass is 10.0. The van der Waals surface area contributed by atoms with Gasteiger partial charge in [0.2, 0.25) is 11.8 Å². The van der Waals surface area contributed by atoms with E-state index in [2.05, 4.69) is 17.6 Å². The molecule has 1 atom stereocenters. The van der Waals surface area contributed by atoms with Gasteiger partial charge in [-0.15, -0.1) is 0 Å². The number of hydrogen-bond donors (Lipinski definition) is 2. The fourth-order valence-electron chi connectivity index (χ4n) is 2.93. The lowest BCUT2D eigenvalue weighted by Gasteiger charge is -2.29. The summed E-state index contributed by atoms with van der Waals surface area (Å²) in [5.74, 6) is -0.775. The molecule has 2 N–H and O–H groups in total. The standard InChI is InChI=1S/C16H19N3O3/c1-2-7-17-11-4-3-10-9-19(16(22)12(10)8-11)13-5-6-14(20)18-15(13)21/h3-4,8,13,17H,2,5-7,9H2,1H3,(H,18,20,21). The maximum atomic E-state index is 12.6. The van der Waals surface area contributed by atoms with Gasteiger partial charge in [0.15, 0.2) is 0 Å². The average molecular weight is 301 g/mol. The zero-order chi connectivity index (χ0) is 15.7. The van der Waals surface area contributed by atoms with Crippen LogP contribution in [0.25, 0.3) is 0 Å². The van der Waals surface area contributed by atoms with Gasteiger partial charge in [-0.3, -0.25) is 19.7 Å². The molecule has 3 amide bonds. The van der Waals surface area contributed by atoms with Crippen LogP contribution in [0.2, 0.25) is 0 Å². The summed E-state index contributed by atoms with van der Waals surface area (Å²) in [4.78, 5) is 37.3. The van der Waals surface area contributed by atoms with E-state index in [-0.39, 0.29) is 24.1 Å². The molecule has 1 aromatic rings. The third-order valence-corrected chi connectivity index (χ3v) is 4.11. The van der Waals surface area contributed by atoms with E-state index >= 15 is 0 Å². The summed E-state index contributed by atoms with van der Waals surface area (Å²) in [6.07, 6.45) is 1.68. The van der Waals surface area contributed by atoms with Crippen LogP contribution in [-0.4, -0.2) is 35.2 Å². The molecule has 0 bridgehead atoms. The first-order valence-electron chi connectivity index (χ1n) is 7.61. The molecule has 0 saturated carbocycles. The molecule has 22 heavy (non-hydrogen) atoms. The summed E-state index contributed by atoms with van der Waals surface area (Å²) in [5, 5.41) is 5.57. The minimum absolute atomic E-state index is 0.135. The summed E-state index contributed by atoms with van der Waals surface area (Å²) in [6.45, 7) is 3.36. The minimum atomic E-state index is -0.551. The van der Waals surface area contributed by atoms with Crippen LogP contribution in [0, 0.1) is 0 Å². The topological polar surface area (TPSA) is 78.5 Å². The Morgan fingerprint density at radius 2 is 2.14 bits per heavy atom. The second-order valence-electron chi connectivity index (χ2n) is 5.70. The Kier molecular flexibility index (Phi) is 3.83. The Bertz CT molecular complexity index is 642. The maximum absolute atomic E-state index is 12.6. The van der Waals surface area contributed by atoms with E-state index in [9.17, 15) is 14.4 Å². The van der Waals surface area contributed by atoms with E-state index in [1.165, 1.54) is 0 Å². The Morgan fingerprint density at radius 3 is 2.86 bits per heavy atom. The average Bonchev–Trinajstić information content (AvgIpc) is 2.82. The normalized spacial score (nSPS) is 20.9. The van der Waals surface area contributed by atoms with E-state index in [0.29, 0.717) is 18.5 Å². The zero-order valence-corrected chi connectivity index (χ0v) is 12.5. The molecule has 6 heteroatoms. The summed E-state index contributed by atoms with van der Waals surface area (Å²) >= 11 is 0.